The Morgan fingerprint density at radius 3 is 2.50 bits per heavy atom. The van der Waals surface area contributed by atoms with Crippen molar-refractivity contribution in [1.82, 2.24) is 4.98 Å². The summed E-state index contributed by atoms with van der Waals surface area (Å²) < 4.78 is 0. The van der Waals surface area contributed by atoms with Crippen molar-refractivity contribution in [2.75, 3.05) is 11.4 Å². The van der Waals surface area contributed by atoms with Gasteiger partial charge in [0.15, 0.2) is 0 Å². The van der Waals surface area contributed by atoms with Crippen molar-refractivity contribution in [2.24, 2.45) is 5.73 Å². The molecule has 0 spiro atoms. The summed E-state index contributed by atoms with van der Waals surface area (Å²) >= 11 is 0. The molecule has 0 unspecified atom stereocenters. The third-order valence-electron chi connectivity index (χ3n) is 2.95. The van der Waals surface area contributed by atoms with Crippen LogP contribution >= 0.6 is 0 Å². The monoisotopic (exact) mass is 241 g/mol. The molecule has 0 saturated heterocycles. The molecule has 1 atom stereocenters. The lowest BCUT2D eigenvalue weighted by molar-refractivity contribution is 0.802. The van der Waals surface area contributed by atoms with Crippen LogP contribution in [0.3, 0.4) is 0 Å². The van der Waals surface area contributed by atoms with Crippen molar-refractivity contribution in [3.8, 4) is 0 Å². The second-order valence-corrected chi connectivity index (χ2v) is 4.28. The molecule has 18 heavy (non-hydrogen) atoms. The maximum Gasteiger partial charge on any atom is 0.137 e. The van der Waals surface area contributed by atoms with Gasteiger partial charge in [-0.05, 0) is 32.0 Å². The van der Waals surface area contributed by atoms with E-state index >= 15 is 0 Å². The number of nitrogens with zero attached hydrogens (tertiary/aromatic N) is 2. The van der Waals surface area contributed by atoms with Crippen LogP contribution in [0, 0.1) is 0 Å². The van der Waals surface area contributed by atoms with E-state index in [0.29, 0.717) is 0 Å². The minimum absolute atomic E-state index is 0.0218. The largest absolute Gasteiger partial charge is 0.326 e. The number of pyridine rings is 1. The fraction of sp³-hybridized carbons (Fsp3) is 0.267. The van der Waals surface area contributed by atoms with Crippen LogP contribution in [0.5, 0.6) is 0 Å². The fourth-order valence-electron chi connectivity index (χ4n) is 2.05. The molecule has 0 aliphatic carbocycles. The predicted octanol–water partition coefficient (Wildman–Crippen LogP) is 3.26. The summed E-state index contributed by atoms with van der Waals surface area (Å²) in [7, 11) is 0. The highest BCUT2D eigenvalue weighted by Crippen LogP contribution is 2.28. The van der Waals surface area contributed by atoms with Crippen LogP contribution in [-0.2, 0) is 0 Å². The normalized spacial score (nSPS) is 12.2. The van der Waals surface area contributed by atoms with E-state index in [1.165, 1.54) is 0 Å². The van der Waals surface area contributed by atoms with Gasteiger partial charge in [0.1, 0.15) is 5.82 Å². The molecule has 2 N–H and O–H groups in total. The van der Waals surface area contributed by atoms with Gasteiger partial charge in [-0.3, -0.25) is 0 Å². The van der Waals surface area contributed by atoms with Crippen molar-refractivity contribution in [3.63, 3.8) is 0 Å². The molecule has 1 aromatic carbocycles. The highest BCUT2D eigenvalue weighted by molar-refractivity contribution is 5.63. The molecule has 0 radical (unpaired) electrons. The molecule has 0 amide bonds. The standard InChI is InChI=1S/C15H19N3/c1-3-18(13-8-5-4-6-9-13)15-14(12(2)16)10-7-11-17-15/h4-12H,3,16H2,1-2H3/t12-/m0/s1. The quantitative estimate of drug-likeness (QED) is 0.893. The summed E-state index contributed by atoms with van der Waals surface area (Å²) in [6, 6.07) is 14.2. The zero-order chi connectivity index (χ0) is 13.0. The molecule has 0 fully saturated rings. The number of anilines is 2. The van der Waals surface area contributed by atoms with Gasteiger partial charge in [0.25, 0.3) is 0 Å². The molecule has 2 aromatic rings. The van der Waals surface area contributed by atoms with Gasteiger partial charge >= 0.3 is 0 Å². The van der Waals surface area contributed by atoms with Crippen molar-refractivity contribution < 1.29 is 0 Å². The van der Waals surface area contributed by atoms with Crippen molar-refractivity contribution in [3.05, 3.63) is 54.2 Å². The molecule has 1 heterocycles. The van der Waals surface area contributed by atoms with Crippen LogP contribution in [0.4, 0.5) is 11.5 Å². The molecular weight excluding hydrogens is 222 g/mol. The van der Waals surface area contributed by atoms with Crippen molar-refractivity contribution in [1.29, 1.82) is 0 Å². The van der Waals surface area contributed by atoms with E-state index in [4.69, 9.17) is 5.73 Å². The lowest BCUT2D eigenvalue weighted by Gasteiger charge is -2.25. The Balaban J connectivity index is 2.46. The number of nitrogens with two attached hydrogens (primary N) is 1. The maximum atomic E-state index is 6.02. The van der Waals surface area contributed by atoms with E-state index in [0.717, 1.165) is 23.6 Å². The van der Waals surface area contributed by atoms with Gasteiger partial charge in [0.2, 0.25) is 0 Å². The number of benzene rings is 1. The van der Waals surface area contributed by atoms with Crippen LogP contribution < -0.4 is 10.6 Å². The first kappa shape index (κ1) is 12.6. The molecule has 0 saturated carbocycles. The van der Waals surface area contributed by atoms with Gasteiger partial charge in [-0.1, -0.05) is 24.3 Å². The van der Waals surface area contributed by atoms with E-state index < -0.39 is 0 Å². The third kappa shape index (κ3) is 2.51. The second-order valence-electron chi connectivity index (χ2n) is 4.28. The summed E-state index contributed by atoms with van der Waals surface area (Å²) in [5.74, 6) is 0.946. The predicted molar refractivity (Wildman–Crippen MR) is 76.0 cm³/mol. The average molecular weight is 241 g/mol. The zero-order valence-corrected chi connectivity index (χ0v) is 10.9. The van der Waals surface area contributed by atoms with Gasteiger partial charge < -0.3 is 10.6 Å². The fourth-order valence-corrected chi connectivity index (χ4v) is 2.05. The van der Waals surface area contributed by atoms with Gasteiger partial charge in [0, 0.05) is 30.0 Å². The first-order valence-electron chi connectivity index (χ1n) is 6.27. The Morgan fingerprint density at radius 2 is 1.89 bits per heavy atom. The van der Waals surface area contributed by atoms with Gasteiger partial charge in [-0.2, -0.15) is 0 Å². The summed E-state index contributed by atoms with van der Waals surface area (Å²) in [4.78, 5) is 6.67. The summed E-state index contributed by atoms with van der Waals surface area (Å²) in [6.07, 6.45) is 1.81. The number of aromatic nitrogens is 1. The van der Waals surface area contributed by atoms with Crippen molar-refractivity contribution >= 4 is 11.5 Å². The van der Waals surface area contributed by atoms with Gasteiger partial charge in [0.05, 0.1) is 0 Å². The topological polar surface area (TPSA) is 42.2 Å². The maximum absolute atomic E-state index is 6.02. The molecule has 3 heteroatoms. The molecule has 2 rings (SSSR count). The molecular formula is C15H19N3. The molecule has 0 aliphatic heterocycles. The van der Waals surface area contributed by atoms with E-state index in [2.05, 4.69) is 28.9 Å². The van der Waals surface area contributed by atoms with E-state index in [1.54, 1.807) is 0 Å². The van der Waals surface area contributed by atoms with Gasteiger partial charge in [-0.15, -0.1) is 0 Å². The zero-order valence-electron chi connectivity index (χ0n) is 10.9. The van der Waals surface area contributed by atoms with Crippen LogP contribution in [0.2, 0.25) is 0 Å². The molecule has 94 valence electrons. The first-order valence-corrected chi connectivity index (χ1v) is 6.27. The van der Waals surface area contributed by atoms with Crippen LogP contribution in [0.25, 0.3) is 0 Å². The smallest absolute Gasteiger partial charge is 0.137 e. The van der Waals surface area contributed by atoms with E-state index in [1.807, 2.05) is 43.5 Å². The Bertz CT molecular complexity index is 494. The van der Waals surface area contributed by atoms with Crippen LogP contribution in [-0.4, -0.2) is 11.5 Å². The van der Waals surface area contributed by atoms with Crippen molar-refractivity contribution in [2.45, 2.75) is 19.9 Å². The number of para-hydroxylation sites is 1. The average Bonchev–Trinajstić information content (AvgIpc) is 2.41. The minimum atomic E-state index is -0.0218. The molecule has 0 bridgehead atoms. The lowest BCUT2D eigenvalue weighted by Crippen LogP contribution is -2.21. The number of rotatable bonds is 4. The highest BCUT2D eigenvalue weighted by Gasteiger charge is 2.14. The van der Waals surface area contributed by atoms with E-state index in [-0.39, 0.29) is 6.04 Å². The number of hydrogen-bond acceptors (Lipinski definition) is 3. The number of hydrogen-bond donors (Lipinski definition) is 1. The summed E-state index contributed by atoms with van der Waals surface area (Å²) in [6.45, 7) is 4.97. The Hall–Kier alpha value is -1.87. The molecule has 0 aliphatic rings. The van der Waals surface area contributed by atoms with Gasteiger partial charge in [-0.25, -0.2) is 4.98 Å². The second kappa shape index (κ2) is 5.65. The Morgan fingerprint density at radius 1 is 1.17 bits per heavy atom. The summed E-state index contributed by atoms with van der Waals surface area (Å²) in [5, 5.41) is 0. The first-order chi connectivity index (χ1) is 8.74. The summed E-state index contributed by atoms with van der Waals surface area (Å²) in [5.41, 5.74) is 8.23. The van der Waals surface area contributed by atoms with Crippen LogP contribution in [0.15, 0.2) is 48.7 Å². The Labute approximate surface area is 108 Å². The van der Waals surface area contributed by atoms with Crippen LogP contribution in [0.1, 0.15) is 25.5 Å². The lowest BCUT2D eigenvalue weighted by atomic mass is 10.1. The highest BCUT2D eigenvalue weighted by atomic mass is 15.2. The SMILES string of the molecule is CCN(c1ccccc1)c1ncccc1[C@H](C)N. The Kier molecular flexibility index (Phi) is 3.95. The molecule has 1 aromatic heterocycles. The molecule has 3 nitrogen and oxygen atoms in total. The minimum Gasteiger partial charge on any atom is -0.326 e. The third-order valence-corrected chi connectivity index (χ3v) is 2.95. The van der Waals surface area contributed by atoms with E-state index in [9.17, 15) is 0 Å².